The number of hydrogen-bond acceptors (Lipinski definition) is 1. The molecule has 2 aromatic heterocycles. The maximum absolute atomic E-state index is 6.54. The third-order valence-corrected chi connectivity index (χ3v) is 6.83. The van der Waals surface area contributed by atoms with Gasteiger partial charge in [0.2, 0.25) is 0 Å². The van der Waals surface area contributed by atoms with E-state index >= 15 is 0 Å². The number of halogens is 1. The summed E-state index contributed by atoms with van der Waals surface area (Å²) in [6.45, 7) is 12.9. The van der Waals surface area contributed by atoms with Gasteiger partial charge in [0, 0.05) is 0 Å². The Bertz CT molecular complexity index is 957. The number of hydrogen-bond donors (Lipinski definition) is 0. The van der Waals surface area contributed by atoms with Crippen LogP contribution in [0.3, 0.4) is 0 Å². The van der Waals surface area contributed by atoms with Gasteiger partial charge in [-0.1, -0.05) is 0 Å². The number of imidazole rings is 1. The molecule has 0 bridgehead atoms. The number of anilines is 1. The van der Waals surface area contributed by atoms with E-state index in [2.05, 4.69) is 85.0 Å². The zero-order valence-electron chi connectivity index (χ0n) is 15.4. The summed E-state index contributed by atoms with van der Waals surface area (Å²) in [5.41, 5.74) is 6.32. The van der Waals surface area contributed by atoms with Gasteiger partial charge in [0.15, 0.2) is 0 Å². The van der Waals surface area contributed by atoms with E-state index < -0.39 is 18.2 Å². The first kappa shape index (κ1) is 18.5. The number of aryl methyl sites for hydroxylation is 3. The summed E-state index contributed by atoms with van der Waals surface area (Å²) in [5, 5.41) is 0. The third-order valence-electron chi connectivity index (χ3n) is 4.62. The van der Waals surface area contributed by atoms with Crippen LogP contribution in [0.2, 0.25) is 0 Å². The van der Waals surface area contributed by atoms with Crippen LogP contribution < -0.4 is 4.90 Å². The van der Waals surface area contributed by atoms with Crippen LogP contribution in [0.25, 0.3) is 11.2 Å². The molecule has 0 aliphatic heterocycles. The van der Waals surface area contributed by atoms with E-state index in [4.69, 9.17) is 9.19 Å². The maximum atomic E-state index is 6.54. The van der Waals surface area contributed by atoms with E-state index in [1.165, 1.54) is 37.3 Å². The number of fused-ring (bicyclic) bond motifs is 1. The van der Waals surface area contributed by atoms with E-state index in [-0.39, 0.29) is 0 Å². The van der Waals surface area contributed by atoms with E-state index in [9.17, 15) is 0 Å². The van der Waals surface area contributed by atoms with Crippen LogP contribution in [0, 0.1) is 24.4 Å². The Kier molecular flexibility index (Phi) is 5.59. The number of aromatic nitrogens is 2. The van der Waals surface area contributed by atoms with Crippen molar-refractivity contribution >= 4 is 20.5 Å². The van der Waals surface area contributed by atoms with Crippen LogP contribution in [0.4, 0.5) is 5.82 Å². The van der Waals surface area contributed by atoms with Crippen LogP contribution in [-0.4, -0.2) is 22.1 Å². The molecular weight excluding hydrogens is 515 g/mol. The fraction of sp³-hybridized carbons (Fsp3) is 0.350. The Morgan fingerprint density at radius 1 is 1.04 bits per heavy atom. The number of rotatable bonds is 4. The van der Waals surface area contributed by atoms with E-state index in [0.29, 0.717) is 0 Å². The number of nitrogens with zero attached hydrogens (tertiary/aromatic N) is 3. The molecule has 3 nitrogen and oxygen atoms in total. The average Bonchev–Trinajstić information content (AvgIpc) is 2.93. The zero-order valence-corrected chi connectivity index (χ0v) is 18.3. The number of benzene rings is 1. The molecule has 25 heavy (non-hydrogen) atoms. The summed E-state index contributed by atoms with van der Waals surface area (Å²) in [6.07, 6.45) is 2.23. The first-order valence-electron chi connectivity index (χ1n) is 8.60. The summed E-state index contributed by atoms with van der Waals surface area (Å²) >= 11 is -0.493. The second-order valence-corrected chi connectivity index (χ2v) is 8.67. The van der Waals surface area contributed by atoms with Gasteiger partial charge < -0.3 is 0 Å². The van der Waals surface area contributed by atoms with Crippen molar-refractivity contribution in [2.24, 2.45) is 0 Å². The minimum absolute atomic E-state index is 0.493. The minimum atomic E-state index is -0.493. The van der Waals surface area contributed by atoms with Crippen molar-refractivity contribution in [3.63, 3.8) is 0 Å². The Balaban J connectivity index is 2.39. The summed E-state index contributed by atoms with van der Waals surface area (Å²) in [6, 6.07) is 11.0. The molecule has 2 heterocycles. The van der Waals surface area contributed by atoms with Crippen molar-refractivity contribution in [1.29, 1.82) is 0 Å². The molecule has 0 saturated heterocycles. The molecule has 0 atom stereocenters. The SMILES string of the molecule is CCN(CC)c1cccc2cn(-c3c(C)cc(C)cc3C)[c](=[Au-2][Cl])n12. The first-order valence-corrected chi connectivity index (χ1v) is 12.4. The molecule has 0 radical (unpaired) electrons. The monoisotopic (exact) mass is 539 g/mol. The van der Waals surface area contributed by atoms with Crippen molar-refractivity contribution in [3.8, 4) is 5.69 Å². The Labute approximate surface area is 162 Å². The van der Waals surface area contributed by atoms with Crippen LogP contribution in [-0.2, 0) is 18.2 Å². The quantitative estimate of drug-likeness (QED) is 0.412. The van der Waals surface area contributed by atoms with Crippen LogP contribution in [0.1, 0.15) is 30.5 Å². The summed E-state index contributed by atoms with van der Waals surface area (Å²) < 4.78 is 5.83. The van der Waals surface area contributed by atoms with Crippen molar-refractivity contribution in [2.45, 2.75) is 34.6 Å². The van der Waals surface area contributed by atoms with Gasteiger partial charge in [0.25, 0.3) is 0 Å². The van der Waals surface area contributed by atoms with E-state index in [1.54, 1.807) is 0 Å². The standard InChI is InChI=1S/C20H25N3.Au.ClH/c1-6-21(7-2)19-10-8-9-18-13-22(14-23(18)19)20-16(4)11-15(3)12-17(20)5;;/h8-13H,6-7H2,1-5H3;;1H/q;-1;/p-1. The van der Waals surface area contributed by atoms with Gasteiger partial charge in [-0.25, -0.2) is 0 Å². The topological polar surface area (TPSA) is 12.6 Å². The molecule has 1 aromatic carbocycles. The van der Waals surface area contributed by atoms with Gasteiger partial charge in [0.05, 0.1) is 0 Å². The molecular formula is C20H25AuClN3-2. The van der Waals surface area contributed by atoms with Crippen molar-refractivity contribution in [2.75, 3.05) is 18.0 Å². The predicted octanol–water partition coefficient (Wildman–Crippen LogP) is 5.27. The molecule has 0 saturated carbocycles. The normalized spacial score (nSPS) is 12.8. The second kappa shape index (κ2) is 7.55. The summed E-state index contributed by atoms with van der Waals surface area (Å²) in [4.78, 5) is 2.38. The first-order chi connectivity index (χ1) is 12.0. The Morgan fingerprint density at radius 2 is 1.68 bits per heavy atom. The summed E-state index contributed by atoms with van der Waals surface area (Å²) in [7, 11) is 6.54. The molecule has 0 spiro atoms. The molecule has 5 heteroatoms. The molecule has 0 amide bonds. The molecule has 3 rings (SSSR count). The van der Waals surface area contributed by atoms with E-state index in [1.807, 2.05) is 0 Å². The predicted molar refractivity (Wildman–Crippen MR) is 104 cm³/mol. The van der Waals surface area contributed by atoms with Crippen LogP contribution >= 0.6 is 9.19 Å². The molecule has 0 aliphatic carbocycles. The fourth-order valence-corrected chi connectivity index (χ4v) is 5.79. The molecule has 0 fully saturated rings. The molecule has 3 aromatic rings. The Hall–Kier alpha value is -1.26. The van der Waals surface area contributed by atoms with Gasteiger partial charge in [-0.2, -0.15) is 0 Å². The molecule has 0 aliphatic rings. The zero-order chi connectivity index (χ0) is 18.1. The van der Waals surface area contributed by atoms with Crippen molar-refractivity contribution in [1.82, 2.24) is 8.97 Å². The van der Waals surface area contributed by atoms with Gasteiger partial charge in [0.1, 0.15) is 0 Å². The molecule has 0 unspecified atom stereocenters. The van der Waals surface area contributed by atoms with Gasteiger partial charge >= 0.3 is 163 Å². The fourth-order valence-electron chi connectivity index (χ4n) is 3.63. The van der Waals surface area contributed by atoms with Crippen LogP contribution in [0.5, 0.6) is 0 Å². The summed E-state index contributed by atoms with van der Waals surface area (Å²) in [5.74, 6) is 1.22. The van der Waals surface area contributed by atoms with Gasteiger partial charge in [-0.05, 0) is 0 Å². The second-order valence-electron chi connectivity index (χ2n) is 6.35. The third kappa shape index (κ3) is 3.26. The van der Waals surface area contributed by atoms with Crippen LogP contribution in [0.15, 0.2) is 36.5 Å². The number of pyridine rings is 1. The molecule has 0 N–H and O–H groups in total. The van der Waals surface area contributed by atoms with Crippen molar-refractivity contribution < 1.29 is 18.2 Å². The van der Waals surface area contributed by atoms with Crippen molar-refractivity contribution in [3.05, 3.63) is 56.8 Å². The van der Waals surface area contributed by atoms with E-state index in [0.717, 1.165) is 13.1 Å². The average molecular weight is 540 g/mol. The van der Waals surface area contributed by atoms with Gasteiger partial charge in [-0.15, -0.1) is 0 Å². The van der Waals surface area contributed by atoms with Gasteiger partial charge in [-0.3, -0.25) is 0 Å². The molecule has 140 valence electrons. The Morgan fingerprint density at radius 3 is 2.24 bits per heavy atom.